The highest BCUT2D eigenvalue weighted by atomic mass is 19.4. The molecule has 9 heteroatoms. The number of piperidine rings is 1. The van der Waals surface area contributed by atoms with Crippen molar-refractivity contribution in [2.75, 3.05) is 6.54 Å². The summed E-state index contributed by atoms with van der Waals surface area (Å²) in [5.74, 6) is -1.24. The van der Waals surface area contributed by atoms with E-state index in [0.717, 1.165) is 6.20 Å². The summed E-state index contributed by atoms with van der Waals surface area (Å²) in [6.07, 6.45) is -3.60. The highest BCUT2D eigenvalue weighted by Gasteiger charge is 2.48. The molecule has 2 amide bonds. The summed E-state index contributed by atoms with van der Waals surface area (Å²) < 4.78 is 39.7. The molecule has 128 valence electrons. The number of amides is 2. The summed E-state index contributed by atoms with van der Waals surface area (Å²) in [5, 5.41) is 11.3. The first-order chi connectivity index (χ1) is 11.2. The number of hydrogen-bond acceptors (Lipinski definition) is 4. The van der Waals surface area contributed by atoms with Gasteiger partial charge in [0.2, 0.25) is 5.91 Å². The number of carbonyl (C=O) groups excluding carboxylic acids is 2. The SMILES string of the molecule is CC(=O)N[C@@H]1CC[C@H](C(F)(F)F)N(C(=O)c2ccc(C#N)cn2)C1. The lowest BCUT2D eigenvalue weighted by Gasteiger charge is -2.40. The van der Waals surface area contributed by atoms with Crippen molar-refractivity contribution in [3.05, 3.63) is 29.6 Å². The van der Waals surface area contributed by atoms with Crippen molar-refractivity contribution in [2.45, 2.75) is 38.0 Å². The van der Waals surface area contributed by atoms with Gasteiger partial charge in [-0.3, -0.25) is 9.59 Å². The molecule has 0 spiro atoms. The number of nitrogens with one attached hydrogen (secondary N) is 1. The summed E-state index contributed by atoms with van der Waals surface area (Å²) in [5.41, 5.74) is 0.0282. The van der Waals surface area contributed by atoms with E-state index in [4.69, 9.17) is 5.26 Å². The molecule has 0 aromatic carbocycles. The Bertz CT molecular complexity index is 667. The van der Waals surface area contributed by atoms with Crippen molar-refractivity contribution in [3.63, 3.8) is 0 Å². The van der Waals surface area contributed by atoms with Gasteiger partial charge in [-0.05, 0) is 25.0 Å². The molecule has 1 aromatic rings. The zero-order valence-electron chi connectivity index (χ0n) is 12.8. The van der Waals surface area contributed by atoms with Crippen LogP contribution in [0.1, 0.15) is 35.8 Å². The minimum Gasteiger partial charge on any atom is -0.352 e. The van der Waals surface area contributed by atoms with Crippen LogP contribution in [0.5, 0.6) is 0 Å². The molecule has 0 radical (unpaired) electrons. The van der Waals surface area contributed by atoms with Crippen LogP contribution in [-0.2, 0) is 4.79 Å². The molecule has 1 aliphatic heterocycles. The van der Waals surface area contributed by atoms with Gasteiger partial charge in [0.15, 0.2) is 0 Å². The number of nitrogens with zero attached hydrogens (tertiary/aromatic N) is 3. The van der Waals surface area contributed by atoms with Gasteiger partial charge in [0, 0.05) is 25.7 Å². The van der Waals surface area contributed by atoms with E-state index in [1.54, 1.807) is 0 Å². The molecule has 1 saturated heterocycles. The first-order valence-electron chi connectivity index (χ1n) is 7.23. The van der Waals surface area contributed by atoms with Crippen LogP contribution in [-0.4, -0.2) is 46.5 Å². The van der Waals surface area contributed by atoms with Crippen molar-refractivity contribution in [1.82, 2.24) is 15.2 Å². The number of likely N-dealkylation sites (tertiary alicyclic amines) is 1. The molecule has 0 aliphatic carbocycles. The minimum absolute atomic E-state index is 0.133. The fourth-order valence-electron chi connectivity index (χ4n) is 2.67. The lowest BCUT2D eigenvalue weighted by molar-refractivity contribution is -0.184. The summed E-state index contributed by atoms with van der Waals surface area (Å²) >= 11 is 0. The maximum atomic E-state index is 13.2. The smallest absolute Gasteiger partial charge is 0.352 e. The fraction of sp³-hybridized carbons (Fsp3) is 0.467. The van der Waals surface area contributed by atoms with E-state index in [0.29, 0.717) is 4.90 Å². The topological polar surface area (TPSA) is 86.1 Å². The lowest BCUT2D eigenvalue weighted by atomic mass is 9.97. The van der Waals surface area contributed by atoms with Gasteiger partial charge >= 0.3 is 6.18 Å². The third kappa shape index (κ3) is 4.01. The molecule has 24 heavy (non-hydrogen) atoms. The Morgan fingerprint density at radius 2 is 2.08 bits per heavy atom. The van der Waals surface area contributed by atoms with Crippen LogP contribution in [0.25, 0.3) is 0 Å². The van der Waals surface area contributed by atoms with Crippen molar-refractivity contribution in [1.29, 1.82) is 5.26 Å². The molecular weight excluding hydrogens is 325 g/mol. The Morgan fingerprint density at radius 1 is 1.38 bits per heavy atom. The Balaban J connectivity index is 2.26. The number of aromatic nitrogens is 1. The molecule has 1 N–H and O–H groups in total. The van der Waals surface area contributed by atoms with Gasteiger partial charge in [-0.25, -0.2) is 4.98 Å². The van der Waals surface area contributed by atoms with Crippen LogP contribution in [0.3, 0.4) is 0 Å². The summed E-state index contributed by atoms with van der Waals surface area (Å²) in [7, 11) is 0. The van der Waals surface area contributed by atoms with Crippen LogP contribution >= 0.6 is 0 Å². The van der Waals surface area contributed by atoms with Gasteiger partial charge in [0.05, 0.1) is 5.56 Å². The number of carbonyl (C=O) groups is 2. The Labute approximate surface area is 136 Å². The summed E-state index contributed by atoms with van der Waals surface area (Å²) in [6, 6.07) is 1.89. The predicted molar refractivity (Wildman–Crippen MR) is 76.7 cm³/mol. The van der Waals surface area contributed by atoms with Crippen LogP contribution in [0.15, 0.2) is 18.3 Å². The second-order valence-corrected chi connectivity index (χ2v) is 5.53. The third-order valence-corrected chi connectivity index (χ3v) is 3.74. The Hall–Kier alpha value is -2.63. The van der Waals surface area contributed by atoms with Crippen LogP contribution in [0.2, 0.25) is 0 Å². The van der Waals surface area contributed by atoms with Gasteiger partial charge in [-0.15, -0.1) is 0 Å². The largest absolute Gasteiger partial charge is 0.408 e. The molecule has 1 aliphatic rings. The molecular formula is C15H15F3N4O2. The van der Waals surface area contributed by atoms with Crippen molar-refractivity contribution in [3.8, 4) is 6.07 Å². The number of hydrogen-bond donors (Lipinski definition) is 1. The minimum atomic E-state index is -4.57. The summed E-state index contributed by atoms with van der Waals surface area (Å²) in [4.78, 5) is 28.0. The fourth-order valence-corrected chi connectivity index (χ4v) is 2.67. The summed E-state index contributed by atoms with van der Waals surface area (Å²) in [6.45, 7) is 1.02. The molecule has 2 rings (SSSR count). The van der Waals surface area contributed by atoms with Crippen LogP contribution in [0.4, 0.5) is 13.2 Å². The van der Waals surface area contributed by atoms with E-state index in [-0.39, 0.29) is 36.6 Å². The zero-order valence-corrected chi connectivity index (χ0v) is 12.8. The third-order valence-electron chi connectivity index (χ3n) is 3.74. The van der Waals surface area contributed by atoms with Crippen molar-refractivity contribution < 1.29 is 22.8 Å². The van der Waals surface area contributed by atoms with Crippen LogP contribution in [0, 0.1) is 11.3 Å². The van der Waals surface area contributed by atoms with E-state index < -0.39 is 24.2 Å². The lowest BCUT2D eigenvalue weighted by Crippen LogP contribution is -2.58. The van der Waals surface area contributed by atoms with Gasteiger partial charge in [0.1, 0.15) is 17.8 Å². The molecule has 6 nitrogen and oxygen atoms in total. The quantitative estimate of drug-likeness (QED) is 0.886. The number of pyridine rings is 1. The maximum Gasteiger partial charge on any atom is 0.408 e. The zero-order chi connectivity index (χ0) is 17.9. The Morgan fingerprint density at radius 3 is 2.58 bits per heavy atom. The average molecular weight is 340 g/mol. The predicted octanol–water partition coefficient (Wildman–Crippen LogP) is 1.62. The molecule has 2 atom stereocenters. The molecule has 0 bridgehead atoms. The van der Waals surface area contributed by atoms with E-state index in [1.807, 2.05) is 6.07 Å². The number of halogens is 3. The monoisotopic (exact) mass is 340 g/mol. The van der Waals surface area contributed by atoms with Crippen LogP contribution < -0.4 is 5.32 Å². The molecule has 1 fully saturated rings. The van der Waals surface area contributed by atoms with Gasteiger partial charge in [-0.2, -0.15) is 18.4 Å². The van der Waals surface area contributed by atoms with E-state index in [2.05, 4.69) is 10.3 Å². The van der Waals surface area contributed by atoms with E-state index in [9.17, 15) is 22.8 Å². The Kier molecular flexibility index (Phi) is 5.07. The van der Waals surface area contributed by atoms with E-state index in [1.165, 1.54) is 19.1 Å². The standard InChI is InChI=1S/C15H15F3N4O2/c1-9(23)21-11-3-5-13(15(16,17)18)22(8-11)14(24)12-4-2-10(6-19)7-20-12/h2,4,7,11,13H,3,5,8H2,1H3,(H,21,23)/t11-,13-/m1/s1. The highest BCUT2D eigenvalue weighted by molar-refractivity contribution is 5.92. The second kappa shape index (κ2) is 6.86. The number of alkyl halides is 3. The van der Waals surface area contributed by atoms with Gasteiger partial charge < -0.3 is 10.2 Å². The molecule has 1 aromatic heterocycles. The normalized spacial score (nSPS) is 21.0. The first-order valence-corrected chi connectivity index (χ1v) is 7.23. The van der Waals surface area contributed by atoms with Gasteiger partial charge in [0.25, 0.3) is 5.91 Å². The first kappa shape index (κ1) is 17.7. The van der Waals surface area contributed by atoms with E-state index >= 15 is 0 Å². The highest BCUT2D eigenvalue weighted by Crippen LogP contribution is 2.32. The second-order valence-electron chi connectivity index (χ2n) is 5.53. The average Bonchev–Trinajstić information content (AvgIpc) is 2.52. The van der Waals surface area contributed by atoms with Gasteiger partial charge in [-0.1, -0.05) is 0 Å². The van der Waals surface area contributed by atoms with Crippen molar-refractivity contribution >= 4 is 11.8 Å². The van der Waals surface area contributed by atoms with Crippen molar-refractivity contribution in [2.24, 2.45) is 0 Å². The molecule has 2 heterocycles. The maximum absolute atomic E-state index is 13.2. The number of nitriles is 1. The molecule has 0 unspecified atom stereocenters. The molecule has 0 saturated carbocycles. The number of rotatable bonds is 2.